The number of nitrogens with one attached hydrogen (secondary N) is 1. The van der Waals surface area contributed by atoms with Gasteiger partial charge in [0.05, 0.1) is 5.69 Å². The Morgan fingerprint density at radius 3 is 3.00 bits per heavy atom. The topological polar surface area (TPSA) is 97.0 Å². The van der Waals surface area contributed by atoms with E-state index in [1.165, 1.54) is 24.2 Å². The van der Waals surface area contributed by atoms with Crippen LogP contribution in [0.25, 0.3) is 0 Å². The largest absolute Gasteiger partial charge is 0.368 e. The zero-order valence-electron chi connectivity index (χ0n) is 13.3. The van der Waals surface area contributed by atoms with Gasteiger partial charge in [-0.25, -0.2) is 15.0 Å². The highest BCUT2D eigenvalue weighted by atomic mass is 32.1. The van der Waals surface area contributed by atoms with Crippen molar-refractivity contribution >= 4 is 28.3 Å². The lowest BCUT2D eigenvalue weighted by atomic mass is 9.94. The first-order chi connectivity index (χ1) is 11.7. The minimum absolute atomic E-state index is 0.00169. The number of anilines is 2. The number of nitrogens with two attached hydrogens (primary N) is 1. The van der Waals surface area contributed by atoms with Crippen molar-refractivity contribution in [2.45, 2.75) is 37.6 Å². The number of carbonyl (C=O) groups excluding carboxylic acids is 1. The van der Waals surface area contributed by atoms with E-state index in [-0.39, 0.29) is 17.8 Å². The summed E-state index contributed by atoms with van der Waals surface area (Å²) in [6.45, 7) is 1.41. The minimum Gasteiger partial charge on any atom is -0.368 e. The molecule has 2 fully saturated rings. The summed E-state index contributed by atoms with van der Waals surface area (Å²) in [7, 11) is 0. The third-order valence-electron chi connectivity index (χ3n) is 4.45. The standard InChI is InChI=1S/C16H20N6OS/c17-15-18-6-5-12(20-15)10-2-1-7-22(8-10)14(23)13-9-24-16(21-13)19-11-3-4-11/h5-6,9-11H,1-4,7-8H2,(H,19,21)(H2,17,18,20). The average molecular weight is 344 g/mol. The van der Waals surface area contributed by atoms with E-state index in [1.54, 1.807) is 6.20 Å². The van der Waals surface area contributed by atoms with Gasteiger partial charge in [0.2, 0.25) is 5.95 Å². The molecule has 2 aromatic rings. The number of carbonyl (C=O) groups is 1. The van der Waals surface area contributed by atoms with Gasteiger partial charge < -0.3 is 16.0 Å². The van der Waals surface area contributed by atoms with Gasteiger partial charge in [-0.3, -0.25) is 4.79 Å². The SMILES string of the molecule is Nc1nccc(C2CCCN(C(=O)c3csc(NC4CC4)n3)C2)n1. The van der Waals surface area contributed by atoms with Crippen molar-refractivity contribution < 1.29 is 4.79 Å². The number of nitrogen functional groups attached to an aromatic ring is 1. The molecule has 1 unspecified atom stereocenters. The van der Waals surface area contributed by atoms with Crippen LogP contribution in [0.15, 0.2) is 17.6 Å². The van der Waals surface area contributed by atoms with Gasteiger partial charge in [-0.15, -0.1) is 11.3 Å². The molecule has 4 rings (SSSR count). The Balaban J connectivity index is 1.44. The van der Waals surface area contributed by atoms with E-state index >= 15 is 0 Å². The zero-order valence-corrected chi connectivity index (χ0v) is 14.1. The summed E-state index contributed by atoms with van der Waals surface area (Å²) >= 11 is 1.50. The Bertz CT molecular complexity index is 744. The number of nitrogens with zero attached hydrogens (tertiary/aromatic N) is 4. The van der Waals surface area contributed by atoms with Gasteiger partial charge in [-0.05, 0) is 31.7 Å². The van der Waals surface area contributed by atoms with Gasteiger partial charge in [-0.2, -0.15) is 0 Å². The van der Waals surface area contributed by atoms with Crippen LogP contribution in [0.4, 0.5) is 11.1 Å². The number of rotatable bonds is 4. The van der Waals surface area contributed by atoms with Crippen molar-refractivity contribution in [3.8, 4) is 0 Å². The normalized spacial score (nSPS) is 20.8. The van der Waals surface area contributed by atoms with Gasteiger partial charge >= 0.3 is 0 Å². The second kappa shape index (κ2) is 6.35. The number of aromatic nitrogens is 3. The highest BCUT2D eigenvalue weighted by Gasteiger charge is 2.28. The summed E-state index contributed by atoms with van der Waals surface area (Å²) < 4.78 is 0. The monoisotopic (exact) mass is 344 g/mol. The second-order valence-corrected chi connectivity index (χ2v) is 7.24. The Morgan fingerprint density at radius 1 is 1.33 bits per heavy atom. The van der Waals surface area contributed by atoms with Crippen molar-refractivity contribution in [2.75, 3.05) is 24.1 Å². The molecule has 0 spiro atoms. The number of hydrogen-bond acceptors (Lipinski definition) is 7. The number of thiazole rings is 1. The van der Waals surface area contributed by atoms with E-state index in [4.69, 9.17) is 5.73 Å². The number of hydrogen-bond donors (Lipinski definition) is 2. The second-order valence-electron chi connectivity index (χ2n) is 6.39. The Kier molecular flexibility index (Phi) is 4.05. The van der Waals surface area contributed by atoms with E-state index in [1.807, 2.05) is 16.3 Å². The Hall–Kier alpha value is -2.22. The molecule has 2 aliphatic rings. The lowest BCUT2D eigenvalue weighted by Gasteiger charge is -2.32. The van der Waals surface area contributed by atoms with E-state index in [0.29, 0.717) is 18.3 Å². The predicted octanol–water partition coefficient (Wildman–Crippen LogP) is 2.11. The highest BCUT2D eigenvalue weighted by molar-refractivity contribution is 7.13. The van der Waals surface area contributed by atoms with E-state index in [9.17, 15) is 4.79 Å². The van der Waals surface area contributed by atoms with Gasteiger partial charge in [0, 0.05) is 36.6 Å². The molecule has 0 aromatic carbocycles. The van der Waals surface area contributed by atoms with Crippen LogP contribution in [0.3, 0.4) is 0 Å². The van der Waals surface area contributed by atoms with Gasteiger partial charge in [0.15, 0.2) is 5.13 Å². The van der Waals surface area contributed by atoms with Crippen molar-refractivity contribution in [3.05, 3.63) is 29.0 Å². The van der Waals surface area contributed by atoms with Gasteiger partial charge in [0.25, 0.3) is 5.91 Å². The first-order valence-electron chi connectivity index (χ1n) is 8.29. The van der Waals surface area contributed by atoms with E-state index in [2.05, 4.69) is 20.3 Å². The molecule has 3 heterocycles. The summed E-state index contributed by atoms with van der Waals surface area (Å²) in [4.78, 5) is 27.3. The van der Waals surface area contributed by atoms with Crippen LogP contribution in [0.5, 0.6) is 0 Å². The quantitative estimate of drug-likeness (QED) is 0.882. The lowest BCUT2D eigenvalue weighted by molar-refractivity contribution is 0.0701. The molecule has 24 heavy (non-hydrogen) atoms. The molecule has 8 heteroatoms. The molecule has 1 aliphatic carbocycles. The van der Waals surface area contributed by atoms with Crippen LogP contribution in [0, 0.1) is 0 Å². The summed E-state index contributed by atoms with van der Waals surface area (Å²) in [5.74, 6) is 0.490. The van der Waals surface area contributed by atoms with Crippen molar-refractivity contribution in [3.63, 3.8) is 0 Å². The number of amides is 1. The molecule has 1 saturated carbocycles. The van der Waals surface area contributed by atoms with Crippen LogP contribution in [0.2, 0.25) is 0 Å². The molecule has 1 atom stereocenters. The average Bonchev–Trinajstić information content (AvgIpc) is 3.29. The predicted molar refractivity (Wildman–Crippen MR) is 93.1 cm³/mol. The summed E-state index contributed by atoms with van der Waals surface area (Å²) in [6.07, 6.45) is 6.02. The van der Waals surface area contributed by atoms with Crippen LogP contribution < -0.4 is 11.1 Å². The molecular weight excluding hydrogens is 324 g/mol. The summed E-state index contributed by atoms with van der Waals surface area (Å²) in [5.41, 5.74) is 7.12. The molecule has 1 amide bonds. The van der Waals surface area contributed by atoms with Crippen molar-refractivity contribution in [1.82, 2.24) is 19.9 Å². The summed E-state index contributed by atoms with van der Waals surface area (Å²) in [6, 6.07) is 2.43. The molecule has 3 N–H and O–H groups in total. The third-order valence-corrected chi connectivity index (χ3v) is 5.22. The van der Waals surface area contributed by atoms with Crippen LogP contribution in [0.1, 0.15) is 47.8 Å². The first kappa shape index (κ1) is 15.3. The first-order valence-corrected chi connectivity index (χ1v) is 9.17. The fraction of sp³-hybridized carbons (Fsp3) is 0.500. The zero-order chi connectivity index (χ0) is 16.5. The molecule has 7 nitrogen and oxygen atoms in total. The molecule has 1 saturated heterocycles. The molecule has 1 aliphatic heterocycles. The van der Waals surface area contributed by atoms with Crippen LogP contribution >= 0.6 is 11.3 Å². The van der Waals surface area contributed by atoms with E-state index in [0.717, 1.165) is 30.2 Å². The van der Waals surface area contributed by atoms with Gasteiger partial charge in [0.1, 0.15) is 5.69 Å². The molecule has 2 aromatic heterocycles. The fourth-order valence-corrected chi connectivity index (χ4v) is 3.78. The number of likely N-dealkylation sites (tertiary alicyclic amines) is 1. The van der Waals surface area contributed by atoms with Crippen molar-refractivity contribution in [1.29, 1.82) is 0 Å². The maximum absolute atomic E-state index is 12.7. The lowest BCUT2D eigenvalue weighted by Crippen LogP contribution is -2.39. The maximum atomic E-state index is 12.7. The van der Waals surface area contributed by atoms with Crippen LogP contribution in [-0.2, 0) is 0 Å². The van der Waals surface area contributed by atoms with Crippen LogP contribution in [-0.4, -0.2) is 44.9 Å². The van der Waals surface area contributed by atoms with Crippen molar-refractivity contribution in [2.24, 2.45) is 0 Å². The molecule has 126 valence electrons. The highest BCUT2D eigenvalue weighted by Crippen LogP contribution is 2.29. The number of piperidine rings is 1. The van der Waals surface area contributed by atoms with Gasteiger partial charge in [-0.1, -0.05) is 0 Å². The Labute approximate surface area is 144 Å². The maximum Gasteiger partial charge on any atom is 0.273 e. The van der Waals surface area contributed by atoms with E-state index < -0.39 is 0 Å². The third kappa shape index (κ3) is 3.33. The minimum atomic E-state index is 0.00169. The molecule has 0 radical (unpaired) electrons. The smallest absolute Gasteiger partial charge is 0.273 e. The Morgan fingerprint density at radius 2 is 2.21 bits per heavy atom. The fourth-order valence-electron chi connectivity index (χ4n) is 3.02. The molecule has 0 bridgehead atoms. The molecular formula is C16H20N6OS. The summed E-state index contributed by atoms with van der Waals surface area (Å²) in [5, 5.41) is 6.03.